The van der Waals surface area contributed by atoms with Crippen LogP contribution in [0.1, 0.15) is 30.9 Å². The van der Waals surface area contributed by atoms with Gasteiger partial charge in [0.2, 0.25) is 0 Å². The van der Waals surface area contributed by atoms with E-state index in [-0.39, 0.29) is 24.2 Å². The number of rotatable bonds is 4. The Bertz CT molecular complexity index is 921. The van der Waals surface area contributed by atoms with Gasteiger partial charge in [0.1, 0.15) is 11.5 Å². The molecule has 1 fully saturated rings. The van der Waals surface area contributed by atoms with Gasteiger partial charge in [-0.1, -0.05) is 49.4 Å². The van der Waals surface area contributed by atoms with Gasteiger partial charge in [-0.3, -0.25) is 14.5 Å². The molecule has 0 radical (unpaired) electrons. The highest BCUT2D eigenvalue weighted by molar-refractivity contribution is 6.35. The molecular weight excluding hydrogens is 355 g/mol. The van der Waals surface area contributed by atoms with Gasteiger partial charge in [-0.2, -0.15) is 0 Å². The van der Waals surface area contributed by atoms with Gasteiger partial charge in [-0.05, 0) is 42.0 Å². The first kappa shape index (κ1) is 18.4. The summed E-state index contributed by atoms with van der Waals surface area (Å²) in [7, 11) is 0. The summed E-state index contributed by atoms with van der Waals surface area (Å²) in [5.74, 6) is -0.479. The zero-order chi connectivity index (χ0) is 19.7. The number of carbonyl (C=O) groups excluding carboxylic acids is 2. The Morgan fingerprint density at radius 3 is 2.39 bits per heavy atom. The third kappa shape index (κ3) is 3.44. The zero-order valence-electron chi connectivity index (χ0n) is 15.9. The van der Waals surface area contributed by atoms with Crippen LogP contribution in [0.25, 0.3) is 5.57 Å². The molecule has 0 aromatic heterocycles. The van der Waals surface area contributed by atoms with Crippen molar-refractivity contribution in [2.24, 2.45) is 5.92 Å². The number of nitrogens with zero attached hydrogens (tertiary/aromatic N) is 2. The largest absolute Gasteiger partial charge is 0.366 e. The summed E-state index contributed by atoms with van der Waals surface area (Å²) in [5, 5.41) is 0. The molecular formula is C23H23FN2O2. The summed E-state index contributed by atoms with van der Waals surface area (Å²) in [6.07, 6.45) is 2.10. The lowest BCUT2D eigenvalue weighted by molar-refractivity contribution is -0.138. The molecule has 5 heteroatoms. The molecule has 4 nitrogen and oxygen atoms in total. The van der Waals surface area contributed by atoms with Gasteiger partial charge in [-0.25, -0.2) is 4.39 Å². The van der Waals surface area contributed by atoms with E-state index in [2.05, 4.69) is 6.92 Å². The average Bonchev–Trinajstić information content (AvgIpc) is 2.94. The Hall–Kier alpha value is -2.95. The van der Waals surface area contributed by atoms with Crippen molar-refractivity contribution in [2.45, 2.75) is 26.3 Å². The number of benzene rings is 2. The lowest BCUT2D eigenvalue weighted by Crippen LogP contribution is -2.39. The molecule has 28 heavy (non-hydrogen) atoms. The molecule has 0 spiro atoms. The molecule has 1 unspecified atom stereocenters. The second-order valence-electron chi connectivity index (χ2n) is 7.61. The fourth-order valence-electron chi connectivity index (χ4n) is 4.04. The van der Waals surface area contributed by atoms with E-state index >= 15 is 0 Å². The van der Waals surface area contributed by atoms with E-state index in [1.54, 1.807) is 12.1 Å². The fraction of sp³-hybridized carbons (Fsp3) is 0.304. The smallest absolute Gasteiger partial charge is 0.278 e. The van der Waals surface area contributed by atoms with Crippen LogP contribution < -0.4 is 0 Å². The molecule has 144 valence electrons. The number of halogens is 1. The van der Waals surface area contributed by atoms with Gasteiger partial charge in [0.05, 0.1) is 12.1 Å². The molecule has 0 N–H and O–H groups in total. The maximum atomic E-state index is 13.4. The van der Waals surface area contributed by atoms with Crippen LogP contribution in [0.2, 0.25) is 0 Å². The van der Waals surface area contributed by atoms with Crippen molar-refractivity contribution in [3.63, 3.8) is 0 Å². The predicted molar refractivity (Wildman–Crippen MR) is 105 cm³/mol. The van der Waals surface area contributed by atoms with Gasteiger partial charge in [0.15, 0.2) is 0 Å². The van der Waals surface area contributed by atoms with Crippen LogP contribution in [0.5, 0.6) is 0 Å². The maximum Gasteiger partial charge on any atom is 0.278 e. The van der Waals surface area contributed by atoms with Gasteiger partial charge in [0, 0.05) is 13.1 Å². The Morgan fingerprint density at radius 2 is 1.71 bits per heavy atom. The SMILES string of the molecule is CC1CCCN(C2=C(c3ccc(F)cc3)C(=O)N(Cc3ccccc3)C2=O)C1. The summed E-state index contributed by atoms with van der Waals surface area (Å²) < 4.78 is 13.4. The number of hydrogen-bond donors (Lipinski definition) is 0. The normalized spacial score (nSPS) is 20.3. The van der Waals surface area contributed by atoms with Crippen LogP contribution in [0.15, 0.2) is 60.3 Å². The molecule has 2 aromatic carbocycles. The quantitative estimate of drug-likeness (QED) is 0.759. The molecule has 1 atom stereocenters. The minimum atomic E-state index is -0.365. The maximum absolute atomic E-state index is 13.4. The standard InChI is InChI=1S/C23H23FN2O2/c1-16-6-5-13-25(14-16)21-20(18-9-11-19(24)12-10-18)22(27)26(23(21)28)15-17-7-3-2-4-8-17/h2-4,7-12,16H,5-6,13-15H2,1H3. The predicted octanol–water partition coefficient (Wildman–Crippen LogP) is 3.84. The van der Waals surface area contributed by atoms with Crippen molar-refractivity contribution in [3.05, 3.63) is 77.2 Å². The van der Waals surface area contributed by atoms with Gasteiger partial charge >= 0.3 is 0 Å². The van der Waals surface area contributed by atoms with Crippen molar-refractivity contribution >= 4 is 17.4 Å². The van der Waals surface area contributed by atoms with Crippen LogP contribution in [0.3, 0.4) is 0 Å². The van der Waals surface area contributed by atoms with Crippen LogP contribution in [-0.4, -0.2) is 34.7 Å². The highest BCUT2D eigenvalue weighted by atomic mass is 19.1. The van der Waals surface area contributed by atoms with Crippen LogP contribution in [0, 0.1) is 11.7 Å². The second kappa shape index (κ2) is 7.58. The lowest BCUT2D eigenvalue weighted by Gasteiger charge is -2.33. The first-order valence-corrected chi connectivity index (χ1v) is 9.70. The van der Waals surface area contributed by atoms with Gasteiger partial charge in [-0.15, -0.1) is 0 Å². The van der Waals surface area contributed by atoms with Crippen LogP contribution in [-0.2, 0) is 16.1 Å². The number of carbonyl (C=O) groups is 2. The van der Waals surface area contributed by atoms with E-state index < -0.39 is 0 Å². The molecule has 2 heterocycles. The topological polar surface area (TPSA) is 40.6 Å². The highest BCUT2D eigenvalue weighted by Crippen LogP contribution is 2.34. The number of likely N-dealkylation sites (tertiary alicyclic amines) is 1. The molecule has 2 aromatic rings. The van der Waals surface area contributed by atoms with Crippen molar-refractivity contribution < 1.29 is 14.0 Å². The summed E-state index contributed by atoms with van der Waals surface area (Å²) >= 11 is 0. The Balaban J connectivity index is 1.74. The number of imide groups is 1. The molecule has 2 aliphatic rings. The van der Waals surface area contributed by atoms with Gasteiger partial charge in [0.25, 0.3) is 11.8 Å². The summed E-state index contributed by atoms with van der Waals surface area (Å²) in [4.78, 5) is 29.9. The van der Waals surface area contributed by atoms with Crippen LogP contribution in [0.4, 0.5) is 4.39 Å². The van der Waals surface area contributed by atoms with Crippen molar-refractivity contribution in [1.29, 1.82) is 0 Å². The molecule has 4 rings (SSSR count). The third-order valence-electron chi connectivity index (χ3n) is 5.43. The minimum Gasteiger partial charge on any atom is -0.366 e. The minimum absolute atomic E-state index is 0.232. The molecule has 0 aliphatic carbocycles. The Kier molecular flexibility index (Phi) is 4.99. The van der Waals surface area contributed by atoms with Crippen molar-refractivity contribution in [1.82, 2.24) is 9.80 Å². The molecule has 1 saturated heterocycles. The molecule has 2 amide bonds. The third-order valence-corrected chi connectivity index (χ3v) is 5.43. The lowest BCUT2D eigenvalue weighted by atomic mass is 9.98. The van der Waals surface area contributed by atoms with Crippen molar-refractivity contribution in [3.8, 4) is 0 Å². The zero-order valence-corrected chi connectivity index (χ0v) is 15.9. The van der Waals surface area contributed by atoms with Crippen molar-refractivity contribution in [2.75, 3.05) is 13.1 Å². The first-order valence-electron chi connectivity index (χ1n) is 9.70. The summed E-state index contributed by atoms with van der Waals surface area (Å²) in [5.41, 5.74) is 2.33. The van der Waals surface area contributed by atoms with Crippen LogP contribution >= 0.6 is 0 Å². The average molecular weight is 378 g/mol. The van der Waals surface area contributed by atoms with Gasteiger partial charge < -0.3 is 4.90 Å². The van der Waals surface area contributed by atoms with E-state index in [1.165, 1.54) is 17.0 Å². The van der Waals surface area contributed by atoms with E-state index in [0.29, 0.717) is 22.8 Å². The number of piperidine rings is 1. The van der Waals surface area contributed by atoms with E-state index in [1.807, 2.05) is 35.2 Å². The number of amides is 2. The monoisotopic (exact) mass is 378 g/mol. The molecule has 2 aliphatic heterocycles. The molecule has 0 saturated carbocycles. The summed E-state index contributed by atoms with van der Waals surface area (Å²) in [6, 6.07) is 15.3. The van der Waals surface area contributed by atoms with E-state index in [0.717, 1.165) is 31.5 Å². The Morgan fingerprint density at radius 1 is 1.00 bits per heavy atom. The molecule has 0 bridgehead atoms. The Labute approximate surface area is 164 Å². The highest BCUT2D eigenvalue weighted by Gasteiger charge is 2.42. The van der Waals surface area contributed by atoms with E-state index in [9.17, 15) is 14.0 Å². The summed E-state index contributed by atoms with van der Waals surface area (Å²) in [6.45, 7) is 3.89. The first-order chi connectivity index (χ1) is 13.5. The number of hydrogen-bond acceptors (Lipinski definition) is 3. The second-order valence-corrected chi connectivity index (χ2v) is 7.61. The van der Waals surface area contributed by atoms with E-state index in [4.69, 9.17) is 0 Å². The fourth-order valence-corrected chi connectivity index (χ4v) is 4.04.